The molecule has 0 aliphatic carbocycles. The standard InChI is InChI=1S/C63H129N9O21Si3/c1-13-16-43-90-52-55(73)49-68(38-31-46-94(81-4,82-5)83-6)58(76)64-34-25-19-20-28-37-67-61-71(41-29-23-21-26-35-65-59(77)69(50-56(74)53-91-44-17-14-2)39-32-47-95(84-7,85-8)86-9)62(79)72(63(80)93-61)42-30-24-22-27-36-66-60(78)70(51-57(75)54-92-45-18-15-3)40-33-48-96(87-10,88-11)89-12/h55-57,73-75H,13-54H2,1-12H3,(H,64,76)(H,65,77)(H,66,78). The number of hydrogen-bond acceptors (Lipinski definition) is 22. The van der Waals surface area contributed by atoms with E-state index in [1.807, 2.05) is 0 Å². The van der Waals surface area contributed by atoms with Crippen LogP contribution in [-0.4, -0.2) is 271 Å². The van der Waals surface area contributed by atoms with Crippen LogP contribution in [0.15, 0.2) is 19.0 Å². The van der Waals surface area contributed by atoms with E-state index >= 15 is 0 Å². The normalized spacial score (nSPS) is 13.3. The summed E-state index contributed by atoms with van der Waals surface area (Å²) in [5.41, 5.74) is -0.583. The van der Waals surface area contributed by atoms with Gasteiger partial charge >= 0.3 is 61.6 Å². The second kappa shape index (κ2) is 56.0. The highest BCUT2D eigenvalue weighted by molar-refractivity contribution is 6.61. The average Bonchev–Trinajstić information content (AvgIpc) is 0.976. The first kappa shape index (κ1) is 90.3. The van der Waals surface area contributed by atoms with Crippen LogP contribution in [0.2, 0.25) is 18.1 Å². The molecule has 33 heteroatoms. The first-order chi connectivity index (χ1) is 46.3. The van der Waals surface area contributed by atoms with E-state index < -0.39 is 56.2 Å². The molecule has 3 atom stereocenters. The molecule has 0 aromatic carbocycles. The minimum absolute atomic E-state index is 0.0570. The molecule has 564 valence electrons. The molecule has 1 heterocycles. The lowest BCUT2D eigenvalue weighted by Crippen LogP contribution is -2.47. The number of amides is 6. The van der Waals surface area contributed by atoms with Crippen molar-refractivity contribution in [2.45, 2.75) is 205 Å². The number of rotatable bonds is 63. The van der Waals surface area contributed by atoms with E-state index in [9.17, 15) is 39.3 Å². The van der Waals surface area contributed by atoms with Crippen LogP contribution in [0.25, 0.3) is 0 Å². The van der Waals surface area contributed by atoms with Gasteiger partial charge < -0.3 is 104 Å². The molecule has 96 heavy (non-hydrogen) atoms. The minimum atomic E-state index is -2.89. The van der Waals surface area contributed by atoms with Crippen LogP contribution in [0.4, 0.5) is 14.4 Å². The lowest BCUT2D eigenvalue weighted by Gasteiger charge is -2.28. The third-order valence-corrected chi connectivity index (χ3v) is 24.9. The first-order valence-electron chi connectivity index (χ1n) is 35.0. The van der Waals surface area contributed by atoms with E-state index in [0.717, 1.165) is 62.4 Å². The van der Waals surface area contributed by atoms with E-state index in [0.29, 0.717) is 154 Å². The van der Waals surface area contributed by atoms with E-state index in [-0.39, 0.29) is 82.9 Å². The molecule has 1 rings (SSSR count). The molecule has 0 saturated carbocycles. The van der Waals surface area contributed by atoms with E-state index in [2.05, 4.69) is 41.7 Å². The highest BCUT2D eigenvalue weighted by Gasteiger charge is 2.39. The summed E-state index contributed by atoms with van der Waals surface area (Å²) in [6.45, 7) is 11.1. The van der Waals surface area contributed by atoms with Crippen LogP contribution in [-0.2, 0) is 67.1 Å². The van der Waals surface area contributed by atoms with Gasteiger partial charge in [0.25, 0.3) is 0 Å². The summed E-state index contributed by atoms with van der Waals surface area (Å²) in [6, 6.07) is 0.489. The van der Waals surface area contributed by atoms with E-state index in [1.165, 1.54) is 25.9 Å². The smallest absolute Gasteiger partial charge is 0.389 e. The van der Waals surface area contributed by atoms with Crippen molar-refractivity contribution in [2.75, 3.05) is 169 Å². The van der Waals surface area contributed by atoms with Crippen molar-refractivity contribution < 1.29 is 88.2 Å². The van der Waals surface area contributed by atoms with Crippen molar-refractivity contribution in [1.29, 1.82) is 0 Å². The van der Waals surface area contributed by atoms with Crippen molar-refractivity contribution >= 4 is 44.5 Å². The highest BCUT2D eigenvalue weighted by atomic mass is 28.4. The number of urea groups is 3. The Kier molecular flexibility index (Phi) is 52.6. The summed E-state index contributed by atoms with van der Waals surface area (Å²) in [6.07, 6.45) is 12.4. The molecular formula is C63H129N9O21Si3. The second-order valence-electron chi connectivity index (χ2n) is 23.8. The Morgan fingerprint density at radius 1 is 0.438 bits per heavy atom. The zero-order valence-corrected chi connectivity index (χ0v) is 63.8. The van der Waals surface area contributed by atoms with Crippen molar-refractivity contribution in [3.05, 3.63) is 26.7 Å². The van der Waals surface area contributed by atoms with Crippen LogP contribution in [0, 0.1) is 0 Å². The molecule has 6 amide bonds. The fourth-order valence-corrected chi connectivity index (χ4v) is 15.6. The van der Waals surface area contributed by atoms with Gasteiger partial charge in [-0.3, -0.25) is 0 Å². The molecule has 0 fully saturated rings. The zero-order chi connectivity index (χ0) is 71.3. The number of nitrogens with one attached hydrogen (secondary N) is 3. The molecule has 1 aromatic heterocycles. The molecular weight excluding hydrogens is 1300 g/mol. The molecule has 0 spiro atoms. The molecule has 1 aromatic rings. The summed E-state index contributed by atoms with van der Waals surface area (Å²) in [5, 5.41) is 41.3. The number of ether oxygens (including phenoxy) is 3. The maximum absolute atomic E-state index is 14.2. The Bertz CT molecular complexity index is 2300. The predicted molar refractivity (Wildman–Crippen MR) is 372 cm³/mol. The number of unbranched alkanes of at least 4 members (excludes halogenated alkanes) is 12. The second-order valence-corrected chi connectivity index (χ2v) is 33.1. The lowest BCUT2D eigenvalue weighted by atomic mass is 10.2. The van der Waals surface area contributed by atoms with Gasteiger partial charge in [-0.1, -0.05) is 78.6 Å². The SMILES string of the molecule is CCCCOCC(O)CN(CCC[Si](OC)(OC)OC)C(=O)NCCCCCCN=c1oc(=O)n(CCCCCCNC(=O)N(CCC[Si](OC)(OC)OC)CC(O)COCCCC)c(=O)n1CCCCCCNC(=O)N(CCC[Si](OC)(OC)OC)CC(O)COCCCC. The van der Waals surface area contributed by atoms with Gasteiger partial charge in [-0.15, -0.1) is 0 Å². The van der Waals surface area contributed by atoms with Crippen molar-refractivity contribution in [1.82, 2.24) is 39.8 Å². The van der Waals surface area contributed by atoms with Gasteiger partial charge in [0.05, 0.1) is 57.8 Å². The van der Waals surface area contributed by atoms with Crippen molar-refractivity contribution in [2.24, 2.45) is 4.99 Å². The number of aliphatic hydroxyl groups is 3. The maximum Gasteiger partial charge on any atom is 0.500 e. The van der Waals surface area contributed by atoms with E-state index in [4.69, 9.17) is 58.5 Å². The molecule has 0 aliphatic rings. The van der Waals surface area contributed by atoms with Crippen molar-refractivity contribution in [3.63, 3.8) is 0 Å². The molecule has 0 aliphatic heterocycles. The fraction of sp³-hybridized carbons (Fsp3) is 0.905. The molecule has 0 bridgehead atoms. The molecule has 3 unspecified atom stereocenters. The number of carbonyl (C=O) groups is 3. The average molecular weight is 1430 g/mol. The van der Waals surface area contributed by atoms with Crippen LogP contribution in [0.3, 0.4) is 0 Å². The quantitative estimate of drug-likeness (QED) is 0.0343. The number of aliphatic hydroxyl groups excluding tert-OH is 3. The van der Waals surface area contributed by atoms with E-state index in [1.54, 1.807) is 57.4 Å². The fourth-order valence-electron chi connectivity index (χ4n) is 10.4. The summed E-state index contributed by atoms with van der Waals surface area (Å²) in [7, 11) is 5.23. The van der Waals surface area contributed by atoms with Gasteiger partial charge in [-0.05, 0) is 77.0 Å². The van der Waals surface area contributed by atoms with Crippen LogP contribution in [0.5, 0.6) is 0 Å². The Labute approximate surface area is 576 Å². The first-order valence-corrected chi connectivity index (χ1v) is 40.8. The third kappa shape index (κ3) is 38.2. The Morgan fingerprint density at radius 3 is 1.05 bits per heavy atom. The highest BCUT2D eigenvalue weighted by Crippen LogP contribution is 2.19. The Morgan fingerprint density at radius 2 is 0.740 bits per heavy atom. The summed E-state index contributed by atoms with van der Waals surface area (Å²) >= 11 is 0. The number of carbonyl (C=O) groups excluding carboxylic acids is 3. The van der Waals surface area contributed by atoms with Gasteiger partial charge in [0.1, 0.15) is 0 Å². The summed E-state index contributed by atoms with van der Waals surface area (Å²) < 4.78 is 75.3. The van der Waals surface area contributed by atoms with Gasteiger partial charge in [0.2, 0.25) is 0 Å². The molecule has 0 radical (unpaired) electrons. The number of nitrogens with zero attached hydrogens (tertiary/aromatic N) is 6. The third-order valence-electron chi connectivity index (χ3n) is 16.4. The van der Waals surface area contributed by atoms with Crippen LogP contribution < -0.4 is 33.1 Å². The van der Waals surface area contributed by atoms with Gasteiger partial charge in [0, 0.05) is 161 Å². The van der Waals surface area contributed by atoms with Crippen LogP contribution in [0.1, 0.15) is 156 Å². The summed E-state index contributed by atoms with van der Waals surface area (Å²) in [4.78, 5) is 77.6. The largest absolute Gasteiger partial charge is 0.500 e. The lowest BCUT2D eigenvalue weighted by molar-refractivity contribution is 0.0214. The zero-order valence-electron chi connectivity index (χ0n) is 60.8. The van der Waals surface area contributed by atoms with Crippen molar-refractivity contribution in [3.8, 4) is 0 Å². The van der Waals surface area contributed by atoms with Gasteiger partial charge in [-0.2, -0.15) is 0 Å². The molecule has 0 saturated heterocycles. The molecule has 30 nitrogen and oxygen atoms in total. The monoisotopic (exact) mass is 1430 g/mol. The van der Waals surface area contributed by atoms with Gasteiger partial charge in [0.15, 0.2) is 0 Å². The maximum atomic E-state index is 14.2. The van der Waals surface area contributed by atoms with Gasteiger partial charge in [-0.25, -0.2) is 38.1 Å². The Balaban J connectivity index is 3.16. The molecule has 6 N–H and O–H groups in total. The topological polar surface area (TPSA) is 338 Å². The number of hydrogen-bond donors (Lipinski definition) is 6. The minimum Gasteiger partial charge on any atom is -0.389 e. The summed E-state index contributed by atoms with van der Waals surface area (Å²) in [5.74, 6) is -0.806. The van der Waals surface area contributed by atoms with Crippen LogP contribution >= 0.6 is 0 Å². The predicted octanol–water partition coefficient (Wildman–Crippen LogP) is 5.56. The number of aromatic nitrogens is 2. The Hall–Kier alpha value is -3.73.